The van der Waals surface area contributed by atoms with Crippen LogP contribution in [0.2, 0.25) is 0 Å². The van der Waals surface area contributed by atoms with Crippen molar-refractivity contribution in [2.75, 3.05) is 11.9 Å². The molecule has 3 rings (SSSR count). The number of carbonyl (C=O) groups is 1. The molecule has 26 heavy (non-hydrogen) atoms. The number of benzene rings is 1. The Morgan fingerprint density at radius 3 is 2.69 bits per heavy atom. The van der Waals surface area contributed by atoms with E-state index in [1.165, 1.54) is 0 Å². The van der Waals surface area contributed by atoms with Crippen LogP contribution >= 0.6 is 0 Å². The predicted molar refractivity (Wildman–Crippen MR) is 103 cm³/mol. The highest BCUT2D eigenvalue weighted by atomic mass is 16.5. The van der Waals surface area contributed by atoms with Crippen molar-refractivity contribution in [1.82, 2.24) is 9.55 Å². The molecule has 1 amide bonds. The fourth-order valence-electron chi connectivity index (χ4n) is 2.93. The van der Waals surface area contributed by atoms with Gasteiger partial charge in [0.1, 0.15) is 0 Å². The number of rotatable bonds is 3. The topological polar surface area (TPSA) is 73.2 Å². The van der Waals surface area contributed by atoms with E-state index in [1.54, 1.807) is 36.9 Å². The van der Waals surface area contributed by atoms with Crippen molar-refractivity contribution in [2.24, 2.45) is 7.05 Å². The molecular formula is C20H21N3O3. The van der Waals surface area contributed by atoms with Gasteiger partial charge in [-0.25, -0.2) is 4.79 Å². The summed E-state index contributed by atoms with van der Waals surface area (Å²) in [5.41, 5.74) is 4.45. The average molecular weight is 351 g/mol. The Kier molecular flexibility index (Phi) is 4.75. The highest BCUT2D eigenvalue weighted by Crippen LogP contribution is 2.26. The fraction of sp³-hybridized carbons (Fsp3) is 0.250. The first-order chi connectivity index (χ1) is 12.4. The zero-order valence-corrected chi connectivity index (χ0v) is 15.3. The number of pyridine rings is 2. The minimum atomic E-state index is -0.520. The van der Waals surface area contributed by atoms with Crippen molar-refractivity contribution >= 4 is 22.7 Å². The second kappa shape index (κ2) is 7.00. The molecule has 6 heteroatoms. The summed E-state index contributed by atoms with van der Waals surface area (Å²) in [6.45, 7) is 5.86. The molecule has 2 heterocycles. The smallest absolute Gasteiger partial charge is 0.411 e. The third kappa shape index (κ3) is 3.31. The number of carbonyl (C=O) groups excluding carboxylic acids is 1. The number of fused-ring (bicyclic) bond motifs is 1. The molecule has 1 aromatic carbocycles. The molecule has 0 bridgehead atoms. The summed E-state index contributed by atoms with van der Waals surface area (Å²) in [5, 5.41) is 3.56. The molecule has 0 radical (unpaired) electrons. The predicted octanol–water partition coefficient (Wildman–Crippen LogP) is 3.79. The lowest BCUT2D eigenvalue weighted by Crippen LogP contribution is -2.19. The van der Waals surface area contributed by atoms with Gasteiger partial charge in [0.2, 0.25) is 0 Å². The van der Waals surface area contributed by atoms with E-state index >= 15 is 0 Å². The molecule has 0 unspecified atom stereocenters. The standard InChI is InChI=1S/C20H21N3O3/c1-5-26-20(25)22-15-7-6-12(2)16(10-15)17-9-14-11-21-13(3)8-18(14)23(4)19(17)24/h6-11H,5H2,1-4H3,(H,22,25). The highest BCUT2D eigenvalue weighted by Gasteiger charge is 2.13. The maximum atomic E-state index is 12.9. The number of amides is 1. The molecular weight excluding hydrogens is 330 g/mol. The van der Waals surface area contributed by atoms with Gasteiger partial charge >= 0.3 is 6.09 Å². The molecule has 1 N–H and O–H groups in total. The van der Waals surface area contributed by atoms with Crippen LogP contribution in [0.5, 0.6) is 0 Å². The summed E-state index contributed by atoms with van der Waals surface area (Å²) < 4.78 is 6.54. The lowest BCUT2D eigenvalue weighted by molar-refractivity contribution is 0.168. The molecule has 134 valence electrons. The van der Waals surface area contributed by atoms with Crippen LogP contribution in [0.3, 0.4) is 0 Å². The third-order valence-corrected chi connectivity index (χ3v) is 4.29. The van der Waals surface area contributed by atoms with Gasteiger partial charge < -0.3 is 9.30 Å². The van der Waals surface area contributed by atoms with Crippen molar-refractivity contribution in [2.45, 2.75) is 20.8 Å². The van der Waals surface area contributed by atoms with Crippen molar-refractivity contribution < 1.29 is 9.53 Å². The number of nitrogens with zero attached hydrogens (tertiary/aromatic N) is 2. The van der Waals surface area contributed by atoms with E-state index in [9.17, 15) is 9.59 Å². The van der Waals surface area contributed by atoms with Crippen molar-refractivity contribution in [3.8, 4) is 11.1 Å². The summed E-state index contributed by atoms with van der Waals surface area (Å²) in [4.78, 5) is 28.9. The minimum absolute atomic E-state index is 0.0977. The zero-order valence-electron chi connectivity index (χ0n) is 15.3. The molecule has 0 aliphatic carbocycles. The van der Waals surface area contributed by atoms with E-state index in [-0.39, 0.29) is 5.56 Å². The van der Waals surface area contributed by atoms with Gasteiger partial charge in [-0.2, -0.15) is 0 Å². The Hall–Kier alpha value is -3.15. The Balaban J connectivity index is 2.14. The van der Waals surface area contributed by atoms with Gasteiger partial charge in [0.25, 0.3) is 5.56 Å². The van der Waals surface area contributed by atoms with Crippen LogP contribution in [-0.2, 0) is 11.8 Å². The summed E-state index contributed by atoms with van der Waals surface area (Å²) in [7, 11) is 1.75. The van der Waals surface area contributed by atoms with Gasteiger partial charge in [-0.05, 0) is 56.2 Å². The molecule has 3 aromatic rings. The molecule has 0 saturated carbocycles. The first kappa shape index (κ1) is 17.7. The van der Waals surface area contributed by atoms with Crippen LogP contribution in [0.1, 0.15) is 18.2 Å². The van der Waals surface area contributed by atoms with Crippen molar-refractivity contribution in [3.05, 3.63) is 58.1 Å². The van der Waals surface area contributed by atoms with Crippen LogP contribution in [0, 0.1) is 13.8 Å². The zero-order chi connectivity index (χ0) is 18.8. The highest BCUT2D eigenvalue weighted by molar-refractivity contribution is 5.88. The van der Waals surface area contributed by atoms with Crippen molar-refractivity contribution in [3.63, 3.8) is 0 Å². The number of aromatic nitrogens is 2. The maximum Gasteiger partial charge on any atom is 0.411 e. The molecule has 6 nitrogen and oxygen atoms in total. The third-order valence-electron chi connectivity index (χ3n) is 4.29. The number of hydrogen-bond acceptors (Lipinski definition) is 4. The normalized spacial score (nSPS) is 10.8. The van der Waals surface area contributed by atoms with E-state index in [1.807, 2.05) is 32.0 Å². The molecule has 0 spiro atoms. The van der Waals surface area contributed by atoms with E-state index in [0.29, 0.717) is 17.9 Å². The van der Waals surface area contributed by atoms with E-state index in [2.05, 4.69) is 10.3 Å². The first-order valence-electron chi connectivity index (χ1n) is 8.42. The van der Waals surface area contributed by atoms with Gasteiger partial charge in [-0.3, -0.25) is 15.1 Å². The number of nitrogens with one attached hydrogen (secondary N) is 1. The van der Waals surface area contributed by atoms with E-state index < -0.39 is 6.09 Å². The van der Waals surface area contributed by atoms with Gasteiger partial charge in [-0.1, -0.05) is 6.07 Å². The molecule has 0 atom stereocenters. The number of ether oxygens (including phenoxy) is 1. The molecule has 2 aromatic heterocycles. The molecule has 0 aliphatic rings. The average Bonchev–Trinajstić information content (AvgIpc) is 2.60. The summed E-state index contributed by atoms with van der Waals surface area (Å²) in [5.74, 6) is 0. The van der Waals surface area contributed by atoms with E-state index in [4.69, 9.17) is 4.74 Å². The Morgan fingerprint density at radius 2 is 1.96 bits per heavy atom. The van der Waals surface area contributed by atoms with Crippen LogP contribution in [-0.4, -0.2) is 22.3 Å². The minimum Gasteiger partial charge on any atom is -0.450 e. The number of hydrogen-bond donors (Lipinski definition) is 1. The maximum absolute atomic E-state index is 12.9. The molecule has 0 fully saturated rings. The number of anilines is 1. The largest absolute Gasteiger partial charge is 0.450 e. The summed E-state index contributed by atoms with van der Waals surface area (Å²) in [6.07, 6.45) is 1.25. The lowest BCUT2D eigenvalue weighted by atomic mass is 9.99. The first-order valence-corrected chi connectivity index (χ1v) is 8.42. The van der Waals surface area contributed by atoms with Gasteiger partial charge in [0, 0.05) is 35.6 Å². The number of aryl methyl sites for hydroxylation is 3. The van der Waals surface area contributed by atoms with E-state index in [0.717, 1.165) is 27.7 Å². The Morgan fingerprint density at radius 1 is 1.19 bits per heavy atom. The second-order valence-corrected chi connectivity index (χ2v) is 6.18. The second-order valence-electron chi connectivity index (χ2n) is 6.18. The monoisotopic (exact) mass is 351 g/mol. The Bertz CT molecular complexity index is 1050. The summed E-state index contributed by atoms with van der Waals surface area (Å²) >= 11 is 0. The van der Waals surface area contributed by atoms with Gasteiger partial charge in [-0.15, -0.1) is 0 Å². The van der Waals surface area contributed by atoms with Crippen LogP contribution < -0.4 is 10.9 Å². The fourth-order valence-corrected chi connectivity index (χ4v) is 2.93. The van der Waals surface area contributed by atoms with Crippen LogP contribution in [0.4, 0.5) is 10.5 Å². The van der Waals surface area contributed by atoms with Crippen molar-refractivity contribution in [1.29, 1.82) is 0 Å². The van der Waals surface area contributed by atoms with Gasteiger partial charge in [0.15, 0.2) is 0 Å². The Labute approximate surface area is 151 Å². The lowest BCUT2D eigenvalue weighted by Gasteiger charge is -2.13. The van der Waals surface area contributed by atoms with Crippen LogP contribution in [0.25, 0.3) is 22.0 Å². The SMILES string of the molecule is CCOC(=O)Nc1ccc(C)c(-c2cc3cnc(C)cc3n(C)c2=O)c1. The quantitative estimate of drug-likeness (QED) is 0.779. The van der Waals surface area contributed by atoms with Gasteiger partial charge in [0.05, 0.1) is 12.1 Å². The summed E-state index contributed by atoms with van der Waals surface area (Å²) in [6, 6.07) is 9.18. The molecule has 0 saturated heterocycles. The van der Waals surface area contributed by atoms with Crippen LogP contribution in [0.15, 0.2) is 41.3 Å². The molecule has 0 aliphatic heterocycles.